The van der Waals surface area contributed by atoms with Gasteiger partial charge in [0.2, 0.25) is 0 Å². The predicted molar refractivity (Wildman–Crippen MR) is 60.6 cm³/mol. The van der Waals surface area contributed by atoms with Crippen LogP contribution in [0.4, 0.5) is 0 Å². The summed E-state index contributed by atoms with van der Waals surface area (Å²) in [6.07, 6.45) is 2.78. The first-order valence-corrected chi connectivity index (χ1v) is 5.36. The summed E-state index contributed by atoms with van der Waals surface area (Å²) in [6, 6.07) is 0. The first-order chi connectivity index (χ1) is 7.02. The number of aliphatic hydroxyl groups excluding tert-OH is 1. The lowest BCUT2D eigenvalue weighted by molar-refractivity contribution is 0.169. The second kappa shape index (κ2) is 4.77. The van der Waals surface area contributed by atoms with Crippen molar-refractivity contribution in [1.82, 2.24) is 15.1 Å². The summed E-state index contributed by atoms with van der Waals surface area (Å²) in [4.78, 5) is 0. The molecule has 0 aliphatic carbocycles. The van der Waals surface area contributed by atoms with Gasteiger partial charge in [0.1, 0.15) is 0 Å². The van der Waals surface area contributed by atoms with E-state index in [-0.39, 0.29) is 12.1 Å². The summed E-state index contributed by atoms with van der Waals surface area (Å²) in [6.45, 7) is 7.05. The molecule has 0 radical (unpaired) electrons. The van der Waals surface area contributed by atoms with E-state index in [0.717, 1.165) is 13.0 Å². The van der Waals surface area contributed by atoms with Gasteiger partial charge in [-0.15, -0.1) is 0 Å². The van der Waals surface area contributed by atoms with Crippen molar-refractivity contribution < 1.29 is 5.11 Å². The van der Waals surface area contributed by atoms with Crippen LogP contribution in [0.5, 0.6) is 0 Å². The topological polar surface area (TPSA) is 50.1 Å². The van der Waals surface area contributed by atoms with Crippen molar-refractivity contribution >= 4 is 0 Å². The summed E-state index contributed by atoms with van der Waals surface area (Å²) in [5.41, 5.74) is 2.16. The van der Waals surface area contributed by atoms with E-state index in [1.807, 2.05) is 31.8 Å². The van der Waals surface area contributed by atoms with E-state index in [4.69, 9.17) is 0 Å². The van der Waals surface area contributed by atoms with E-state index >= 15 is 0 Å². The fraction of sp³-hybridized carbons (Fsp3) is 0.727. The van der Waals surface area contributed by atoms with Crippen LogP contribution in [0.15, 0.2) is 6.20 Å². The highest BCUT2D eigenvalue weighted by Crippen LogP contribution is 2.11. The smallest absolute Gasteiger partial charge is 0.0610 e. The van der Waals surface area contributed by atoms with Crippen LogP contribution >= 0.6 is 0 Å². The molecule has 15 heavy (non-hydrogen) atoms. The standard InChI is InChI=1S/C11H21N3O/c1-5-11(3,8-15)12-6-10-7-13-14(4)9(10)2/h7,12,15H,5-6,8H2,1-4H3. The summed E-state index contributed by atoms with van der Waals surface area (Å²) < 4.78 is 1.86. The Morgan fingerprint density at radius 3 is 2.67 bits per heavy atom. The molecular weight excluding hydrogens is 190 g/mol. The maximum absolute atomic E-state index is 9.25. The Kier molecular flexibility index (Phi) is 3.88. The molecule has 86 valence electrons. The molecule has 0 spiro atoms. The Morgan fingerprint density at radius 1 is 1.60 bits per heavy atom. The van der Waals surface area contributed by atoms with E-state index in [1.54, 1.807) is 0 Å². The molecule has 1 heterocycles. The minimum absolute atomic E-state index is 0.156. The normalized spacial score (nSPS) is 15.3. The zero-order valence-corrected chi connectivity index (χ0v) is 10.0. The molecule has 1 rings (SSSR count). The van der Waals surface area contributed by atoms with Crippen molar-refractivity contribution in [3.8, 4) is 0 Å². The molecule has 0 aliphatic heterocycles. The van der Waals surface area contributed by atoms with Gasteiger partial charge in [-0.3, -0.25) is 4.68 Å². The van der Waals surface area contributed by atoms with Gasteiger partial charge in [0.25, 0.3) is 0 Å². The van der Waals surface area contributed by atoms with Gasteiger partial charge in [-0.1, -0.05) is 6.92 Å². The van der Waals surface area contributed by atoms with Crippen molar-refractivity contribution in [2.24, 2.45) is 7.05 Å². The van der Waals surface area contributed by atoms with Gasteiger partial charge in [0, 0.05) is 30.4 Å². The third-order valence-electron chi connectivity index (χ3n) is 3.17. The summed E-state index contributed by atoms with van der Waals surface area (Å²) in [5.74, 6) is 0. The summed E-state index contributed by atoms with van der Waals surface area (Å²) in [7, 11) is 1.93. The molecule has 1 aromatic rings. The van der Waals surface area contributed by atoms with Gasteiger partial charge in [-0.05, 0) is 20.3 Å². The van der Waals surface area contributed by atoms with E-state index in [1.165, 1.54) is 11.3 Å². The number of aliphatic hydroxyl groups is 1. The third-order valence-corrected chi connectivity index (χ3v) is 3.17. The van der Waals surface area contributed by atoms with Gasteiger partial charge >= 0.3 is 0 Å². The molecule has 0 amide bonds. The largest absolute Gasteiger partial charge is 0.394 e. The average molecular weight is 211 g/mol. The minimum atomic E-state index is -0.192. The predicted octanol–water partition coefficient (Wildman–Crippen LogP) is 0.979. The average Bonchev–Trinajstić information content (AvgIpc) is 2.57. The number of rotatable bonds is 5. The van der Waals surface area contributed by atoms with Crippen LogP contribution in [-0.2, 0) is 13.6 Å². The van der Waals surface area contributed by atoms with E-state index in [0.29, 0.717) is 0 Å². The zero-order valence-electron chi connectivity index (χ0n) is 10.0. The van der Waals surface area contributed by atoms with Crippen LogP contribution in [0.2, 0.25) is 0 Å². The second-order valence-corrected chi connectivity index (χ2v) is 4.30. The Bertz CT molecular complexity index is 316. The van der Waals surface area contributed by atoms with Crippen LogP contribution in [0.1, 0.15) is 31.5 Å². The molecule has 0 fully saturated rings. The lowest BCUT2D eigenvalue weighted by atomic mass is 10.00. The van der Waals surface area contributed by atoms with Crippen LogP contribution < -0.4 is 5.32 Å². The van der Waals surface area contributed by atoms with Crippen LogP contribution in [0.3, 0.4) is 0 Å². The van der Waals surface area contributed by atoms with E-state index in [9.17, 15) is 5.11 Å². The minimum Gasteiger partial charge on any atom is -0.394 e. The highest BCUT2D eigenvalue weighted by Gasteiger charge is 2.20. The molecule has 0 saturated carbocycles. The monoisotopic (exact) mass is 211 g/mol. The number of hydrogen-bond donors (Lipinski definition) is 2. The SMILES string of the molecule is CCC(C)(CO)NCc1cnn(C)c1C. The van der Waals surface area contributed by atoms with Gasteiger partial charge in [0.15, 0.2) is 0 Å². The first kappa shape index (κ1) is 12.2. The van der Waals surface area contributed by atoms with Gasteiger partial charge in [0.05, 0.1) is 12.8 Å². The molecule has 0 aromatic carbocycles. The lowest BCUT2D eigenvalue weighted by Crippen LogP contribution is -2.44. The van der Waals surface area contributed by atoms with Crippen LogP contribution in [0.25, 0.3) is 0 Å². The maximum atomic E-state index is 9.25. The molecular formula is C11H21N3O. The molecule has 2 N–H and O–H groups in total. The van der Waals surface area contributed by atoms with E-state index < -0.39 is 0 Å². The Morgan fingerprint density at radius 2 is 2.27 bits per heavy atom. The number of aryl methyl sites for hydroxylation is 1. The summed E-state index contributed by atoms with van der Waals surface area (Å²) >= 11 is 0. The Balaban J connectivity index is 2.60. The zero-order chi connectivity index (χ0) is 11.5. The molecule has 0 saturated heterocycles. The fourth-order valence-electron chi connectivity index (χ4n) is 1.32. The number of nitrogens with zero attached hydrogens (tertiary/aromatic N) is 2. The van der Waals surface area contributed by atoms with Gasteiger partial charge < -0.3 is 10.4 Å². The Hall–Kier alpha value is -0.870. The van der Waals surface area contributed by atoms with Crippen molar-refractivity contribution in [2.45, 2.75) is 39.3 Å². The molecule has 0 aliphatic rings. The highest BCUT2D eigenvalue weighted by atomic mass is 16.3. The molecule has 1 aromatic heterocycles. The summed E-state index contributed by atoms with van der Waals surface area (Å²) in [5, 5.41) is 16.8. The third kappa shape index (κ3) is 2.79. The molecule has 1 unspecified atom stereocenters. The molecule has 4 nitrogen and oxygen atoms in total. The first-order valence-electron chi connectivity index (χ1n) is 5.36. The fourth-order valence-corrected chi connectivity index (χ4v) is 1.32. The Labute approximate surface area is 91.3 Å². The van der Waals surface area contributed by atoms with Crippen LogP contribution in [-0.4, -0.2) is 27.0 Å². The van der Waals surface area contributed by atoms with Gasteiger partial charge in [-0.2, -0.15) is 5.10 Å². The van der Waals surface area contributed by atoms with Crippen molar-refractivity contribution in [1.29, 1.82) is 0 Å². The number of nitrogens with one attached hydrogen (secondary N) is 1. The van der Waals surface area contributed by atoms with E-state index in [2.05, 4.69) is 17.3 Å². The van der Waals surface area contributed by atoms with Crippen molar-refractivity contribution in [3.63, 3.8) is 0 Å². The maximum Gasteiger partial charge on any atom is 0.0610 e. The highest BCUT2D eigenvalue weighted by molar-refractivity contribution is 5.15. The lowest BCUT2D eigenvalue weighted by Gasteiger charge is -2.27. The van der Waals surface area contributed by atoms with Gasteiger partial charge in [-0.25, -0.2) is 0 Å². The number of hydrogen-bond acceptors (Lipinski definition) is 3. The van der Waals surface area contributed by atoms with Crippen molar-refractivity contribution in [3.05, 3.63) is 17.5 Å². The quantitative estimate of drug-likeness (QED) is 0.763. The second-order valence-electron chi connectivity index (χ2n) is 4.30. The molecule has 0 bridgehead atoms. The molecule has 1 atom stereocenters. The number of aromatic nitrogens is 2. The molecule has 4 heteroatoms. The van der Waals surface area contributed by atoms with Crippen molar-refractivity contribution in [2.75, 3.05) is 6.61 Å². The van der Waals surface area contributed by atoms with Crippen LogP contribution in [0, 0.1) is 6.92 Å².